The lowest BCUT2D eigenvalue weighted by atomic mass is 10.3. The van der Waals surface area contributed by atoms with E-state index in [2.05, 4.69) is 18.2 Å². The SMILES string of the molecule is C=CC(O)(O)OCCCCC. The number of ether oxygens (including phenoxy) is 1. The molecule has 0 fully saturated rings. The molecule has 0 bridgehead atoms. The summed E-state index contributed by atoms with van der Waals surface area (Å²) in [4.78, 5) is 0. The third kappa shape index (κ3) is 6.04. The van der Waals surface area contributed by atoms with Gasteiger partial charge in [0, 0.05) is 0 Å². The van der Waals surface area contributed by atoms with E-state index in [9.17, 15) is 0 Å². The zero-order valence-electron chi connectivity index (χ0n) is 6.92. The van der Waals surface area contributed by atoms with E-state index in [1.54, 1.807) is 0 Å². The molecule has 0 spiro atoms. The summed E-state index contributed by atoms with van der Waals surface area (Å²) in [6, 6.07) is 0. The first-order valence-electron chi connectivity index (χ1n) is 3.84. The molecule has 3 nitrogen and oxygen atoms in total. The molecule has 0 rings (SSSR count). The normalized spacial score (nSPS) is 11.5. The summed E-state index contributed by atoms with van der Waals surface area (Å²) in [6.07, 6.45) is 3.92. The van der Waals surface area contributed by atoms with Crippen LogP contribution < -0.4 is 0 Å². The molecule has 2 N–H and O–H groups in total. The molecule has 3 heteroatoms. The van der Waals surface area contributed by atoms with Crippen molar-refractivity contribution < 1.29 is 14.9 Å². The van der Waals surface area contributed by atoms with Gasteiger partial charge in [0.15, 0.2) is 0 Å². The molecule has 0 aromatic rings. The van der Waals surface area contributed by atoms with E-state index in [0.717, 1.165) is 25.3 Å². The Bertz CT molecular complexity index is 110. The average molecular weight is 160 g/mol. The zero-order valence-corrected chi connectivity index (χ0v) is 6.92. The standard InChI is InChI=1S/C8H16O3/c1-3-5-6-7-11-8(9,10)4-2/h4,9-10H,2-3,5-7H2,1H3. The van der Waals surface area contributed by atoms with Crippen LogP contribution in [0.2, 0.25) is 0 Å². The van der Waals surface area contributed by atoms with Crippen LogP contribution in [0.15, 0.2) is 12.7 Å². The first kappa shape index (κ1) is 10.6. The topological polar surface area (TPSA) is 49.7 Å². The molecule has 0 heterocycles. The lowest BCUT2D eigenvalue weighted by molar-refractivity contribution is -0.302. The van der Waals surface area contributed by atoms with E-state index in [1.807, 2.05) is 0 Å². The Morgan fingerprint density at radius 1 is 1.45 bits per heavy atom. The monoisotopic (exact) mass is 160 g/mol. The van der Waals surface area contributed by atoms with Crippen LogP contribution in [-0.2, 0) is 4.74 Å². The number of hydrogen-bond donors (Lipinski definition) is 2. The molecule has 0 saturated heterocycles. The van der Waals surface area contributed by atoms with Gasteiger partial charge in [0.25, 0.3) is 5.97 Å². The Balaban J connectivity index is 3.30. The average Bonchev–Trinajstić information content (AvgIpc) is 1.99. The van der Waals surface area contributed by atoms with Gasteiger partial charge >= 0.3 is 0 Å². The van der Waals surface area contributed by atoms with E-state index in [4.69, 9.17) is 10.2 Å². The maximum absolute atomic E-state index is 8.84. The maximum atomic E-state index is 8.84. The van der Waals surface area contributed by atoms with Crippen molar-refractivity contribution in [1.29, 1.82) is 0 Å². The van der Waals surface area contributed by atoms with Gasteiger partial charge in [-0.05, 0) is 12.5 Å². The van der Waals surface area contributed by atoms with Crippen molar-refractivity contribution >= 4 is 0 Å². The van der Waals surface area contributed by atoms with Crippen molar-refractivity contribution in [3.05, 3.63) is 12.7 Å². The third-order valence-corrected chi connectivity index (χ3v) is 1.33. The molecule has 0 radical (unpaired) electrons. The van der Waals surface area contributed by atoms with Gasteiger partial charge in [-0.1, -0.05) is 26.3 Å². The predicted molar refractivity (Wildman–Crippen MR) is 42.8 cm³/mol. The first-order valence-corrected chi connectivity index (χ1v) is 3.84. The molecule has 0 atom stereocenters. The molecule has 0 aromatic heterocycles. The van der Waals surface area contributed by atoms with E-state index in [1.165, 1.54) is 0 Å². The highest BCUT2D eigenvalue weighted by atomic mass is 16.8. The summed E-state index contributed by atoms with van der Waals surface area (Å²) < 4.78 is 4.67. The molecule has 11 heavy (non-hydrogen) atoms. The largest absolute Gasteiger partial charge is 0.340 e. The van der Waals surface area contributed by atoms with E-state index in [0.29, 0.717) is 6.61 Å². The second-order valence-corrected chi connectivity index (χ2v) is 2.42. The molecular formula is C8H16O3. The minimum Gasteiger partial charge on any atom is -0.340 e. The quantitative estimate of drug-likeness (QED) is 0.346. The number of hydrogen-bond acceptors (Lipinski definition) is 3. The van der Waals surface area contributed by atoms with Gasteiger partial charge in [-0.2, -0.15) is 0 Å². The van der Waals surface area contributed by atoms with Gasteiger partial charge in [-0.15, -0.1) is 0 Å². The first-order chi connectivity index (χ1) is 5.12. The third-order valence-electron chi connectivity index (χ3n) is 1.33. The summed E-state index contributed by atoms with van der Waals surface area (Å²) in [5, 5.41) is 17.7. The fraction of sp³-hybridized carbons (Fsp3) is 0.750. The van der Waals surface area contributed by atoms with Crippen LogP contribution in [0.4, 0.5) is 0 Å². The Labute approximate surface area is 67.3 Å². The predicted octanol–water partition coefficient (Wildman–Crippen LogP) is 1.02. The van der Waals surface area contributed by atoms with Crippen LogP contribution in [0.5, 0.6) is 0 Å². The molecule has 0 aliphatic carbocycles. The van der Waals surface area contributed by atoms with Gasteiger partial charge in [0.2, 0.25) is 0 Å². The summed E-state index contributed by atoms with van der Waals surface area (Å²) in [5.41, 5.74) is 0. The Hall–Kier alpha value is -0.380. The number of aliphatic hydroxyl groups is 2. The Morgan fingerprint density at radius 2 is 2.09 bits per heavy atom. The second-order valence-electron chi connectivity index (χ2n) is 2.42. The molecule has 66 valence electrons. The summed E-state index contributed by atoms with van der Waals surface area (Å²) in [5.74, 6) is -2.15. The Kier molecular flexibility index (Phi) is 5.11. The molecule has 0 aliphatic rings. The van der Waals surface area contributed by atoms with Crippen molar-refractivity contribution in [2.75, 3.05) is 6.61 Å². The van der Waals surface area contributed by atoms with Gasteiger partial charge < -0.3 is 14.9 Å². The lowest BCUT2D eigenvalue weighted by Gasteiger charge is -2.16. The highest BCUT2D eigenvalue weighted by molar-refractivity contribution is 4.76. The van der Waals surface area contributed by atoms with Gasteiger partial charge in [-0.25, -0.2) is 0 Å². The molecule has 0 aliphatic heterocycles. The van der Waals surface area contributed by atoms with Gasteiger partial charge in [0.1, 0.15) is 0 Å². The minimum absolute atomic E-state index is 0.354. The number of unbranched alkanes of at least 4 members (excludes halogenated alkanes) is 2. The van der Waals surface area contributed by atoms with Crippen LogP contribution in [-0.4, -0.2) is 22.8 Å². The van der Waals surface area contributed by atoms with E-state index >= 15 is 0 Å². The van der Waals surface area contributed by atoms with Crippen LogP contribution in [0, 0.1) is 0 Å². The molecule has 0 aromatic carbocycles. The zero-order chi connectivity index (χ0) is 8.74. The maximum Gasteiger partial charge on any atom is 0.299 e. The van der Waals surface area contributed by atoms with Crippen LogP contribution in [0.3, 0.4) is 0 Å². The van der Waals surface area contributed by atoms with Crippen LogP contribution in [0.1, 0.15) is 26.2 Å². The van der Waals surface area contributed by atoms with E-state index < -0.39 is 5.97 Å². The molecule has 0 unspecified atom stereocenters. The van der Waals surface area contributed by atoms with Crippen LogP contribution >= 0.6 is 0 Å². The lowest BCUT2D eigenvalue weighted by Crippen LogP contribution is -2.29. The Morgan fingerprint density at radius 3 is 2.55 bits per heavy atom. The molecule has 0 saturated carbocycles. The smallest absolute Gasteiger partial charge is 0.299 e. The number of rotatable bonds is 6. The highest BCUT2D eigenvalue weighted by Crippen LogP contribution is 2.04. The summed E-state index contributed by atoms with van der Waals surface area (Å²) >= 11 is 0. The van der Waals surface area contributed by atoms with Crippen molar-refractivity contribution in [1.82, 2.24) is 0 Å². The fourth-order valence-corrected chi connectivity index (χ4v) is 0.633. The fourth-order valence-electron chi connectivity index (χ4n) is 0.633. The molecular weight excluding hydrogens is 144 g/mol. The van der Waals surface area contributed by atoms with Crippen molar-refractivity contribution in [3.63, 3.8) is 0 Å². The highest BCUT2D eigenvalue weighted by Gasteiger charge is 2.17. The van der Waals surface area contributed by atoms with E-state index in [-0.39, 0.29) is 0 Å². The van der Waals surface area contributed by atoms with Gasteiger partial charge in [0.05, 0.1) is 6.61 Å². The van der Waals surface area contributed by atoms with Crippen molar-refractivity contribution in [2.24, 2.45) is 0 Å². The van der Waals surface area contributed by atoms with Gasteiger partial charge in [-0.3, -0.25) is 0 Å². The van der Waals surface area contributed by atoms with Crippen molar-refractivity contribution in [3.8, 4) is 0 Å². The summed E-state index contributed by atoms with van der Waals surface area (Å²) in [7, 11) is 0. The van der Waals surface area contributed by atoms with Crippen molar-refractivity contribution in [2.45, 2.75) is 32.2 Å². The summed E-state index contributed by atoms with van der Waals surface area (Å²) in [6.45, 7) is 5.63. The minimum atomic E-state index is -2.15. The van der Waals surface area contributed by atoms with Crippen LogP contribution in [0.25, 0.3) is 0 Å². The second kappa shape index (κ2) is 5.29. The molecule has 0 amide bonds.